The van der Waals surface area contributed by atoms with Gasteiger partial charge in [-0.1, -0.05) is 30.3 Å². The molecule has 1 heterocycles. The lowest BCUT2D eigenvalue weighted by molar-refractivity contribution is -0.384. The minimum Gasteiger partial charge on any atom is -0.455 e. The van der Waals surface area contributed by atoms with Gasteiger partial charge in [-0.2, -0.15) is 0 Å². The van der Waals surface area contributed by atoms with Crippen molar-refractivity contribution in [3.63, 3.8) is 0 Å². The third-order valence-corrected chi connectivity index (χ3v) is 4.60. The molecular weight excluding hydrogens is 402 g/mol. The van der Waals surface area contributed by atoms with E-state index in [0.717, 1.165) is 17.0 Å². The fourth-order valence-electron chi connectivity index (χ4n) is 3.14. The van der Waals surface area contributed by atoms with Crippen LogP contribution in [0.25, 0.3) is 0 Å². The molecule has 0 saturated heterocycles. The molecule has 9 heteroatoms. The Bertz CT molecular complexity index is 1210. The summed E-state index contributed by atoms with van der Waals surface area (Å²) in [5, 5.41) is 13.6. The summed E-state index contributed by atoms with van der Waals surface area (Å²) in [5.74, 6) is -1.09. The third kappa shape index (κ3) is 3.97. The van der Waals surface area contributed by atoms with E-state index >= 15 is 0 Å². The molecule has 0 saturated carbocycles. The first-order valence-corrected chi connectivity index (χ1v) is 9.20. The number of hydrogen-bond donors (Lipinski definition) is 1. The molecule has 0 aliphatic carbocycles. The van der Waals surface area contributed by atoms with Crippen LogP contribution in [0.4, 0.5) is 11.4 Å². The predicted molar refractivity (Wildman–Crippen MR) is 110 cm³/mol. The van der Waals surface area contributed by atoms with Gasteiger partial charge in [0.15, 0.2) is 5.75 Å². The minimum absolute atomic E-state index is 0.0243. The number of rotatable bonds is 6. The van der Waals surface area contributed by atoms with Gasteiger partial charge in [0.25, 0.3) is 17.5 Å². The number of anilines is 1. The van der Waals surface area contributed by atoms with E-state index in [1.165, 1.54) is 6.07 Å². The van der Waals surface area contributed by atoms with Crippen molar-refractivity contribution in [3.05, 3.63) is 94.0 Å². The Balaban J connectivity index is 1.49. The zero-order valence-electron chi connectivity index (χ0n) is 16.0. The molecule has 1 N–H and O–H groups in total. The molecule has 3 amide bonds. The van der Waals surface area contributed by atoms with Gasteiger partial charge in [-0.05, 0) is 30.3 Å². The van der Waals surface area contributed by atoms with Crippen molar-refractivity contribution >= 4 is 29.1 Å². The van der Waals surface area contributed by atoms with Gasteiger partial charge < -0.3 is 10.1 Å². The van der Waals surface area contributed by atoms with Crippen molar-refractivity contribution < 1.29 is 24.0 Å². The maximum atomic E-state index is 12.6. The lowest BCUT2D eigenvalue weighted by atomic mass is 10.1. The number of nitrogens with one attached hydrogen (secondary N) is 1. The molecule has 3 aromatic carbocycles. The molecule has 154 valence electrons. The number of amides is 3. The van der Waals surface area contributed by atoms with Crippen LogP contribution in [0, 0.1) is 10.1 Å². The summed E-state index contributed by atoms with van der Waals surface area (Å²) in [7, 11) is 0. The zero-order valence-corrected chi connectivity index (χ0v) is 16.0. The first kappa shape index (κ1) is 19.8. The topological polar surface area (TPSA) is 119 Å². The lowest BCUT2D eigenvalue weighted by Gasteiger charge is -2.15. The van der Waals surface area contributed by atoms with E-state index in [2.05, 4.69) is 5.32 Å². The highest BCUT2D eigenvalue weighted by atomic mass is 16.6. The fourth-order valence-corrected chi connectivity index (χ4v) is 3.14. The van der Waals surface area contributed by atoms with Crippen LogP contribution >= 0.6 is 0 Å². The molecule has 0 bridgehead atoms. The minimum atomic E-state index is -0.757. The van der Waals surface area contributed by atoms with Crippen LogP contribution in [0.5, 0.6) is 11.5 Å². The Morgan fingerprint density at radius 3 is 2.35 bits per heavy atom. The maximum Gasteiger partial charge on any atom is 0.270 e. The van der Waals surface area contributed by atoms with Gasteiger partial charge in [0, 0.05) is 12.1 Å². The van der Waals surface area contributed by atoms with Crippen LogP contribution in [0.1, 0.15) is 20.7 Å². The summed E-state index contributed by atoms with van der Waals surface area (Å²) in [6.45, 7) is -0.542. The Kier molecular flexibility index (Phi) is 5.15. The van der Waals surface area contributed by atoms with Crippen molar-refractivity contribution in [2.45, 2.75) is 0 Å². The number of fused-ring (bicyclic) bond motifs is 1. The molecule has 4 rings (SSSR count). The molecule has 0 aromatic heterocycles. The summed E-state index contributed by atoms with van der Waals surface area (Å²) in [4.78, 5) is 48.7. The molecule has 1 aliphatic rings. The van der Waals surface area contributed by atoms with Crippen molar-refractivity contribution in [2.24, 2.45) is 0 Å². The molecule has 0 spiro atoms. The second-order valence-electron chi connectivity index (χ2n) is 6.64. The van der Waals surface area contributed by atoms with Crippen molar-refractivity contribution in [3.8, 4) is 11.5 Å². The molecule has 31 heavy (non-hydrogen) atoms. The normalized spacial score (nSPS) is 12.5. The lowest BCUT2D eigenvalue weighted by Crippen LogP contribution is -2.37. The van der Waals surface area contributed by atoms with Crippen LogP contribution in [0.2, 0.25) is 0 Å². The van der Waals surface area contributed by atoms with Crippen LogP contribution in [0.3, 0.4) is 0 Å². The summed E-state index contributed by atoms with van der Waals surface area (Å²) in [5.41, 5.74) is -0.0159. The van der Waals surface area contributed by atoms with Crippen molar-refractivity contribution in [2.75, 3.05) is 11.9 Å². The number of ether oxygens (including phenoxy) is 1. The van der Waals surface area contributed by atoms with Gasteiger partial charge in [0.1, 0.15) is 12.3 Å². The van der Waals surface area contributed by atoms with Gasteiger partial charge in [0.05, 0.1) is 21.7 Å². The van der Waals surface area contributed by atoms with E-state index in [0.29, 0.717) is 17.2 Å². The molecule has 3 aromatic rings. The molecule has 9 nitrogen and oxygen atoms in total. The third-order valence-electron chi connectivity index (χ3n) is 4.60. The van der Waals surface area contributed by atoms with Gasteiger partial charge in [-0.15, -0.1) is 0 Å². The van der Waals surface area contributed by atoms with E-state index in [4.69, 9.17) is 4.74 Å². The second-order valence-corrected chi connectivity index (χ2v) is 6.64. The number of hydrogen-bond acceptors (Lipinski definition) is 6. The average Bonchev–Trinajstić information content (AvgIpc) is 3.00. The first-order chi connectivity index (χ1) is 14.9. The van der Waals surface area contributed by atoms with E-state index in [-0.39, 0.29) is 16.8 Å². The van der Waals surface area contributed by atoms with Gasteiger partial charge >= 0.3 is 0 Å². The largest absolute Gasteiger partial charge is 0.455 e. The smallest absolute Gasteiger partial charge is 0.270 e. The second kappa shape index (κ2) is 8.07. The average molecular weight is 417 g/mol. The monoisotopic (exact) mass is 417 g/mol. The fraction of sp³-hybridized carbons (Fsp3) is 0.0455. The highest BCUT2D eigenvalue weighted by Crippen LogP contribution is 2.30. The molecule has 1 aliphatic heterocycles. The quantitative estimate of drug-likeness (QED) is 0.372. The van der Waals surface area contributed by atoms with Crippen LogP contribution in [-0.4, -0.2) is 34.1 Å². The maximum absolute atomic E-state index is 12.6. The number of non-ortho nitro benzene ring substituents is 1. The summed E-state index contributed by atoms with van der Waals surface area (Å²) < 4.78 is 5.78. The number of benzene rings is 3. The molecule has 0 fully saturated rings. The Morgan fingerprint density at radius 1 is 0.935 bits per heavy atom. The van der Waals surface area contributed by atoms with E-state index < -0.39 is 29.2 Å². The Morgan fingerprint density at radius 2 is 1.61 bits per heavy atom. The number of nitro benzene ring substituents is 1. The summed E-state index contributed by atoms with van der Waals surface area (Å²) in [6.07, 6.45) is 0. The molecular formula is C22H15N3O6. The van der Waals surface area contributed by atoms with Crippen LogP contribution < -0.4 is 10.1 Å². The number of nitro groups is 1. The van der Waals surface area contributed by atoms with Crippen molar-refractivity contribution in [1.82, 2.24) is 4.90 Å². The zero-order chi connectivity index (χ0) is 22.0. The SMILES string of the molecule is O=C(CN1C(=O)c2ccc([N+](=O)[O-])cc2C1=O)Nc1ccccc1Oc1ccccc1. The van der Waals surface area contributed by atoms with E-state index in [1.807, 2.05) is 18.2 Å². The Labute approximate surface area is 176 Å². The summed E-state index contributed by atoms with van der Waals surface area (Å²) >= 11 is 0. The van der Waals surface area contributed by atoms with Crippen LogP contribution in [-0.2, 0) is 4.79 Å². The van der Waals surface area contributed by atoms with E-state index in [1.54, 1.807) is 36.4 Å². The first-order valence-electron chi connectivity index (χ1n) is 9.20. The highest BCUT2D eigenvalue weighted by molar-refractivity contribution is 6.23. The van der Waals surface area contributed by atoms with Gasteiger partial charge in [0.2, 0.25) is 5.91 Å². The number of nitrogens with zero attached hydrogens (tertiary/aromatic N) is 2. The van der Waals surface area contributed by atoms with Crippen molar-refractivity contribution in [1.29, 1.82) is 0 Å². The van der Waals surface area contributed by atoms with Gasteiger partial charge in [-0.25, -0.2) is 0 Å². The summed E-state index contributed by atoms with van der Waals surface area (Å²) in [6, 6.07) is 19.1. The molecule has 0 unspecified atom stereocenters. The molecule has 0 radical (unpaired) electrons. The standard InChI is InChI=1S/C22H15N3O6/c26-20(23-18-8-4-5-9-19(18)31-15-6-2-1-3-7-15)13-24-21(27)16-11-10-14(25(29)30)12-17(16)22(24)28/h1-12H,13H2,(H,23,26). The number of para-hydroxylation sites is 3. The van der Waals surface area contributed by atoms with Gasteiger partial charge in [-0.3, -0.25) is 29.4 Å². The number of carbonyl (C=O) groups excluding carboxylic acids is 3. The van der Waals surface area contributed by atoms with E-state index in [9.17, 15) is 24.5 Å². The highest BCUT2D eigenvalue weighted by Gasteiger charge is 2.37. The number of carbonyl (C=O) groups is 3. The molecule has 0 atom stereocenters. The Hall–Kier alpha value is -4.53. The number of imide groups is 1. The predicted octanol–water partition coefficient (Wildman–Crippen LogP) is 3.62. The van der Waals surface area contributed by atoms with Crippen LogP contribution in [0.15, 0.2) is 72.8 Å².